The van der Waals surface area contributed by atoms with Crippen molar-refractivity contribution < 1.29 is 32.3 Å². The second kappa shape index (κ2) is 10.4. The van der Waals surface area contributed by atoms with Gasteiger partial charge in [-0.05, 0) is 35.9 Å². The number of benzene rings is 2. The van der Waals surface area contributed by atoms with Crippen molar-refractivity contribution in [3.8, 4) is 5.88 Å². The highest BCUT2D eigenvalue weighted by atomic mass is 32.2. The number of sulfonamides is 1. The lowest BCUT2D eigenvalue weighted by atomic mass is 10.1. The molecular weight excluding hydrogens is 450 g/mol. The van der Waals surface area contributed by atoms with Gasteiger partial charge in [-0.3, -0.25) is 9.59 Å². The summed E-state index contributed by atoms with van der Waals surface area (Å²) in [6.45, 7) is 0. The van der Waals surface area contributed by atoms with E-state index in [2.05, 4.69) is 19.8 Å². The highest BCUT2D eigenvalue weighted by Crippen LogP contribution is 2.16. The molecule has 2 aromatic carbocycles. The van der Waals surface area contributed by atoms with Crippen molar-refractivity contribution >= 4 is 33.7 Å². The lowest BCUT2D eigenvalue weighted by Crippen LogP contribution is -2.30. The lowest BCUT2D eigenvalue weighted by Gasteiger charge is -2.09. The van der Waals surface area contributed by atoms with E-state index in [1.165, 1.54) is 36.4 Å². The monoisotopic (exact) mass is 469 g/mol. The number of rotatable bonds is 7. The highest BCUT2D eigenvalue weighted by Gasteiger charge is 2.19. The molecule has 3 rings (SSSR count). The fraction of sp³-hybridized carbons (Fsp3) is 0.0909. The van der Waals surface area contributed by atoms with Crippen LogP contribution in [-0.2, 0) is 26.0 Å². The third kappa shape index (κ3) is 6.61. The van der Waals surface area contributed by atoms with Crippen LogP contribution in [-0.4, -0.2) is 38.5 Å². The zero-order valence-electron chi connectivity index (χ0n) is 17.3. The molecule has 1 aromatic heterocycles. The molecule has 1 heterocycles. The van der Waals surface area contributed by atoms with Crippen LogP contribution in [0.3, 0.4) is 0 Å². The van der Waals surface area contributed by atoms with Crippen LogP contribution >= 0.6 is 0 Å². The normalized spacial score (nSPS) is 10.7. The average Bonchev–Trinajstić information content (AvgIpc) is 2.80. The Balaban J connectivity index is 1.61. The van der Waals surface area contributed by atoms with Gasteiger partial charge in [0.15, 0.2) is 0 Å². The van der Waals surface area contributed by atoms with Crippen LogP contribution in [0.5, 0.6) is 5.88 Å². The van der Waals surface area contributed by atoms with Gasteiger partial charge < -0.3 is 14.8 Å². The topological polar surface area (TPSA) is 141 Å². The molecule has 0 aliphatic heterocycles. The predicted molar refractivity (Wildman–Crippen MR) is 117 cm³/mol. The summed E-state index contributed by atoms with van der Waals surface area (Å²) >= 11 is 0. The van der Waals surface area contributed by atoms with Gasteiger partial charge in [0.2, 0.25) is 11.8 Å². The van der Waals surface area contributed by atoms with Crippen LogP contribution in [0.1, 0.15) is 15.9 Å². The molecule has 0 atom stereocenters. The minimum absolute atomic E-state index is 0.0689. The minimum atomic E-state index is -4.18. The molecule has 0 aliphatic carbocycles. The number of hydrogen-bond acceptors (Lipinski definition) is 8. The predicted octanol–water partition coefficient (Wildman–Crippen LogP) is 2.53. The molecule has 0 spiro atoms. The molecule has 33 heavy (non-hydrogen) atoms. The fourth-order valence-corrected chi connectivity index (χ4v) is 3.62. The quantitative estimate of drug-likeness (QED) is 0.503. The summed E-state index contributed by atoms with van der Waals surface area (Å²) in [4.78, 5) is 39.0. The lowest BCUT2D eigenvalue weighted by molar-refractivity contribution is -0.115. The Hall–Kier alpha value is -4.25. The van der Waals surface area contributed by atoms with Gasteiger partial charge >= 0.3 is 6.16 Å². The highest BCUT2D eigenvalue weighted by molar-refractivity contribution is 7.90. The van der Waals surface area contributed by atoms with Crippen molar-refractivity contribution in [3.05, 3.63) is 84.1 Å². The third-order valence-electron chi connectivity index (χ3n) is 4.24. The molecule has 0 aliphatic rings. The number of pyridine rings is 1. The Morgan fingerprint density at radius 3 is 2.24 bits per heavy atom. The number of nitrogens with one attached hydrogen (secondary N) is 2. The molecular formula is C22H19N3O7S. The number of nitrogens with zero attached hydrogens (tertiary/aromatic N) is 1. The summed E-state index contributed by atoms with van der Waals surface area (Å²) in [5.74, 6) is -1.30. The average molecular weight is 469 g/mol. The maximum absolute atomic E-state index is 12.5. The summed E-state index contributed by atoms with van der Waals surface area (Å²) < 4.78 is 36.0. The zero-order valence-corrected chi connectivity index (χ0v) is 18.2. The van der Waals surface area contributed by atoms with Crippen LogP contribution in [0.15, 0.2) is 77.8 Å². The molecule has 10 nitrogen and oxygen atoms in total. The van der Waals surface area contributed by atoms with Gasteiger partial charge in [0.25, 0.3) is 15.9 Å². The summed E-state index contributed by atoms with van der Waals surface area (Å²) in [5, 5.41) is 2.68. The van der Waals surface area contributed by atoms with Crippen molar-refractivity contribution in [1.29, 1.82) is 0 Å². The van der Waals surface area contributed by atoms with Crippen molar-refractivity contribution in [2.45, 2.75) is 11.3 Å². The van der Waals surface area contributed by atoms with Gasteiger partial charge in [-0.25, -0.2) is 22.9 Å². The summed E-state index contributed by atoms with van der Waals surface area (Å²) in [6.07, 6.45) is 0.241. The molecule has 0 saturated heterocycles. The fourth-order valence-electron chi connectivity index (χ4n) is 2.65. The molecule has 0 saturated carbocycles. The van der Waals surface area contributed by atoms with Crippen LogP contribution in [0.25, 0.3) is 0 Å². The van der Waals surface area contributed by atoms with Crippen LogP contribution in [0, 0.1) is 0 Å². The number of anilines is 1. The number of carbonyl (C=O) groups excluding carboxylic acids is 3. The van der Waals surface area contributed by atoms with Gasteiger partial charge in [0.1, 0.15) is 0 Å². The van der Waals surface area contributed by atoms with E-state index in [9.17, 15) is 22.8 Å². The first-order chi connectivity index (χ1) is 15.8. The van der Waals surface area contributed by atoms with Crippen molar-refractivity contribution in [2.24, 2.45) is 0 Å². The van der Waals surface area contributed by atoms with E-state index in [-0.39, 0.29) is 28.7 Å². The van der Waals surface area contributed by atoms with Gasteiger partial charge in [0.05, 0.1) is 24.0 Å². The molecule has 0 unspecified atom stereocenters. The van der Waals surface area contributed by atoms with Crippen LogP contribution in [0.2, 0.25) is 0 Å². The van der Waals surface area contributed by atoms with E-state index in [0.29, 0.717) is 5.69 Å². The Morgan fingerprint density at radius 2 is 1.64 bits per heavy atom. The van der Waals surface area contributed by atoms with Crippen molar-refractivity contribution in [1.82, 2.24) is 9.71 Å². The van der Waals surface area contributed by atoms with E-state index < -0.39 is 22.1 Å². The molecule has 3 aromatic rings. The Labute approximate surface area is 189 Å². The molecule has 2 N–H and O–H groups in total. The van der Waals surface area contributed by atoms with Crippen LogP contribution < -0.4 is 14.8 Å². The Morgan fingerprint density at radius 1 is 0.939 bits per heavy atom. The van der Waals surface area contributed by atoms with E-state index in [1.54, 1.807) is 0 Å². The molecule has 0 fully saturated rings. The first-order valence-corrected chi connectivity index (χ1v) is 11.0. The maximum atomic E-state index is 12.5. The summed E-state index contributed by atoms with van der Waals surface area (Å²) in [6, 6.07) is 17.0. The van der Waals surface area contributed by atoms with E-state index >= 15 is 0 Å². The number of hydrogen-bond donors (Lipinski definition) is 2. The maximum Gasteiger partial charge on any atom is 0.514 e. The molecule has 170 valence electrons. The molecule has 11 heteroatoms. The Kier molecular flexibility index (Phi) is 7.36. The number of carbonyl (C=O) groups is 3. The zero-order chi connectivity index (χ0) is 23.8. The second-order valence-corrected chi connectivity index (χ2v) is 8.29. The first-order valence-electron chi connectivity index (χ1n) is 9.49. The summed E-state index contributed by atoms with van der Waals surface area (Å²) in [7, 11) is -3.05. The van der Waals surface area contributed by atoms with Gasteiger partial charge in [-0.15, -0.1) is 0 Å². The minimum Gasteiger partial charge on any atom is -0.437 e. The van der Waals surface area contributed by atoms with Gasteiger partial charge in [-0.1, -0.05) is 30.3 Å². The smallest absolute Gasteiger partial charge is 0.437 e. The number of amides is 2. The van der Waals surface area contributed by atoms with Crippen molar-refractivity contribution in [3.63, 3.8) is 0 Å². The third-order valence-corrected chi connectivity index (χ3v) is 5.58. The Bertz CT molecular complexity index is 1240. The second-order valence-electron chi connectivity index (χ2n) is 6.61. The first kappa shape index (κ1) is 23.4. The van der Waals surface area contributed by atoms with Gasteiger partial charge in [0, 0.05) is 18.0 Å². The van der Waals surface area contributed by atoms with Crippen LogP contribution in [0.4, 0.5) is 10.5 Å². The van der Waals surface area contributed by atoms with E-state index in [0.717, 1.165) is 18.9 Å². The van der Waals surface area contributed by atoms with E-state index in [4.69, 9.17) is 0 Å². The largest absolute Gasteiger partial charge is 0.514 e. The number of ether oxygens (including phenoxy) is 2. The number of aromatic nitrogens is 1. The van der Waals surface area contributed by atoms with Gasteiger partial charge in [-0.2, -0.15) is 0 Å². The molecule has 2 amide bonds. The SMILES string of the molecule is COC(=O)Oc1ccc(C(=O)NS(=O)(=O)c2ccc(NC(=O)Cc3ccccc3)cc2)cn1. The van der Waals surface area contributed by atoms with Crippen molar-refractivity contribution in [2.75, 3.05) is 12.4 Å². The standard InChI is InChI=1S/C22H19N3O7S/c1-31-22(28)32-20-12-7-16(14-23-20)21(27)25-33(29,30)18-10-8-17(9-11-18)24-19(26)13-15-5-3-2-4-6-15/h2-12,14H,13H2,1H3,(H,24,26)(H,25,27). The molecule has 0 bridgehead atoms. The summed E-state index contributed by atoms with van der Waals surface area (Å²) in [5.41, 5.74) is 1.18. The number of methoxy groups -OCH3 is 1. The molecule has 0 radical (unpaired) electrons. The van der Waals surface area contributed by atoms with E-state index in [1.807, 2.05) is 35.1 Å².